The molecule has 2 amide bonds. The Balaban J connectivity index is 1.59. The summed E-state index contributed by atoms with van der Waals surface area (Å²) in [6.07, 6.45) is 3.10. The molecule has 0 bridgehead atoms. The van der Waals surface area contributed by atoms with Gasteiger partial charge in [-0.25, -0.2) is 13.8 Å². The van der Waals surface area contributed by atoms with E-state index in [1.807, 2.05) is 0 Å². The van der Waals surface area contributed by atoms with Gasteiger partial charge >= 0.3 is 0 Å². The second-order valence-corrected chi connectivity index (χ2v) is 8.44. The molecule has 2 aliphatic rings. The number of hydrazone groups is 1. The summed E-state index contributed by atoms with van der Waals surface area (Å²) in [4.78, 5) is 27.8. The minimum atomic E-state index is -0.443. The molecule has 1 unspecified atom stereocenters. The molecule has 4 rings (SSSR count). The maximum absolute atomic E-state index is 13.5. The summed E-state index contributed by atoms with van der Waals surface area (Å²) in [5, 5.41) is 5.93. The maximum Gasteiger partial charge on any atom is 0.262 e. The lowest BCUT2D eigenvalue weighted by Gasteiger charge is -2.32. The van der Waals surface area contributed by atoms with Crippen LogP contribution in [0, 0.1) is 17.6 Å². The predicted molar refractivity (Wildman–Crippen MR) is 119 cm³/mol. The van der Waals surface area contributed by atoms with Gasteiger partial charge in [0.15, 0.2) is 0 Å². The van der Waals surface area contributed by atoms with Crippen LogP contribution in [-0.4, -0.2) is 54.2 Å². The molecular weight excluding hydrogens is 428 g/mol. The third-order valence-electron chi connectivity index (χ3n) is 6.26. The summed E-state index contributed by atoms with van der Waals surface area (Å²) < 4.78 is 32.0. The van der Waals surface area contributed by atoms with E-state index in [0.717, 1.165) is 24.8 Å². The Morgan fingerprint density at radius 3 is 2.27 bits per heavy atom. The normalized spacial score (nSPS) is 18.1. The number of carbonyl (C=O) groups is 2. The number of benzene rings is 2. The van der Waals surface area contributed by atoms with E-state index in [9.17, 15) is 18.4 Å². The second kappa shape index (κ2) is 10.2. The number of rotatable bonds is 8. The van der Waals surface area contributed by atoms with E-state index in [0.29, 0.717) is 30.8 Å². The Labute approximate surface area is 191 Å². The highest BCUT2D eigenvalue weighted by molar-refractivity contribution is 6.03. The smallest absolute Gasteiger partial charge is 0.262 e. The number of carbonyl (C=O) groups excluding carboxylic acids is 2. The van der Waals surface area contributed by atoms with Crippen LogP contribution < -0.4 is 0 Å². The average Bonchev–Trinajstić information content (AvgIpc) is 3.22. The molecule has 6 nitrogen and oxygen atoms in total. The molecule has 0 spiro atoms. The average molecular weight is 456 g/mol. The first kappa shape index (κ1) is 23.0. The molecule has 33 heavy (non-hydrogen) atoms. The summed E-state index contributed by atoms with van der Waals surface area (Å²) in [6, 6.07) is 11.4. The molecule has 8 heteroatoms. The van der Waals surface area contributed by atoms with Crippen molar-refractivity contribution in [1.82, 2.24) is 9.91 Å². The zero-order chi connectivity index (χ0) is 23.4. The third-order valence-corrected chi connectivity index (χ3v) is 6.26. The number of hydrogen-bond donors (Lipinski definition) is 0. The fourth-order valence-electron chi connectivity index (χ4n) is 4.12. The van der Waals surface area contributed by atoms with Crippen molar-refractivity contribution in [3.8, 4) is 0 Å². The van der Waals surface area contributed by atoms with Crippen molar-refractivity contribution in [2.24, 2.45) is 11.0 Å². The van der Waals surface area contributed by atoms with Gasteiger partial charge in [-0.1, -0.05) is 30.7 Å². The van der Waals surface area contributed by atoms with Crippen LogP contribution in [0.25, 0.3) is 0 Å². The van der Waals surface area contributed by atoms with Gasteiger partial charge in [0.1, 0.15) is 18.2 Å². The van der Waals surface area contributed by atoms with Gasteiger partial charge in [-0.15, -0.1) is 0 Å². The molecule has 1 aliphatic carbocycles. The zero-order valence-corrected chi connectivity index (χ0v) is 18.5. The van der Waals surface area contributed by atoms with E-state index < -0.39 is 6.04 Å². The van der Waals surface area contributed by atoms with Gasteiger partial charge < -0.3 is 9.64 Å². The molecule has 2 aromatic rings. The van der Waals surface area contributed by atoms with Crippen LogP contribution in [0.5, 0.6) is 0 Å². The van der Waals surface area contributed by atoms with Crippen molar-refractivity contribution >= 4 is 17.5 Å². The number of hydrogen-bond acceptors (Lipinski definition) is 4. The molecule has 0 aromatic heterocycles. The largest absolute Gasteiger partial charge is 0.383 e. The van der Waals surface area contributed by atoms with Crippen LogP contribution in [0.1, 0.15) is 42.9 Å². The maximum atomic E-state index is 13.5. The molecule has 0 saturated heterocycles. The second-order valence-electron chi connectivity index (χ2n) is 8.44. The highest BCUT2D eigenvalue weighted by Gasteiger charge is 2.36. The van der Waals surface area contributed by atoms with Crippen LogP contribution in [-0.2, 0) is 14.3 Å². The van der Waals surface area contributed by atoms with E-state index in [1.165, 1.54) is 29.3 Å². The lowest BCUT2D eigenvalue weighted by Crippen LogP contribution is -2.46. The number of methoxy groups -OCH3 is 1. The van der Waals surface area contributed by atoms with Gasteiger partial charge in [0.05, 0.1) is 18.4 Å². The van der Waals surface area contributed by atoms with Gasteiger partial charge in [0.25, 0.3) is 5.91 Å². The molecule has 0 radical (unpaired) electrons. The topological polar surface area (TPSA) is 62.2 Å². The van der Waals surface area contributed by atoms with E-state index >= 15 is 0 Å². The number of ether oxygens (including phenoxy) is 1. The van der Waals surface area contributed by atoms with Crippen molar-refractivity contribution in [3.05, 3.63) is 71.3 Å². The Bertz CT molecular complexity index is 1020. The Morgan fingerprint density at radius 1 is 1.06 bits per heavy atom. The van der Waals surface area contributed by atoms with Gasteiger partial charge in [0.2, 0.25) is 5.91 Å². The van der Waals surface area contributed by atoms with Crippen LogP contribution >= 0.6 is 0 Å². The van der Waals surface area contributed by atoms with Gasteiger partial charge in [0, 0.05) is 26.0 Å². The minimum Gasteiger partial charge on any atom is -0.383 e. The van der Waals surface area contributed by atoms with E-state index in [4.69, 9.17) is 4.74 Å². The van der Waals surface area contributed by atoms with Crippen molar-refractivity contribution in [1.29, 1.82) is 0 Å². The van der Waals surface area contributed by atoms with E-state index in [1.54, 1.807) is 36.3 Å². The highest BCUT2D eigenvalue weighted by Crippen LogP contribution is 2.33. The molecule has 1 fully saturated rings. The van der Waals surface area contributed by atoms with E-state index in [-0.39, 0.29) is 35.9 Å². The Hall–Kier alpha value is -3.13. The van der Waals surface area contributed by atoms with Crippen molar-refractivity contribution < 1.29 is 23.1 Å². The van der Waals surface area contributed by atoms with Crippen LogP contribution in [0.2, 0.25) is 0 Å². The van der Waals surface area contributed by atoms with Gasteiger partial charge in [-0.05, 0) is 48.2 Å². The van der Waals surface area contributed by atoms with Crippen LogP contribution in [0.15, 0.2) is 53.6 Å². The zero-order valence-electron chi connectivity index (χ0n) is 18.5. The van der Waals surface area contributed by atoms with Gasteiger partial charge in [-0.2, -0.15) is 5.10 Å². The Morgan fingerprint density at radius 2 is 1.70 bits per heavy atom. The first-order valence-electron chi connectivity index (χ1n) is 11.1. The molecular formula is C25H27F2N3O3. The standard InChI is InChI=1S/C25H27F2N3O3/c1-33-14-13-29(25(32)19-3-2-4-19)16-24(31)30-23(18-7-11-21(27)12-8-18)15-22(28-30)17-5-9-20(26)10-6-17/h5-12,19,23H,2-4,13-16H2,1H3. The molecule has 0 N–H and O–H groups in total. The van der Waals surface area contributed by atoms with Crippen molar-refractivity contribution in [2.45, 2.75) is 31.7 Å². The summed E-state index contributed by atoms with van der Waals surface area (Å²) in [5.74, 6) is -1.13. The van der Waals surface area contributed by atoms with E-state index in [2.05, 4.69) is 5.10 Å². The molecule has 1 atom stereocenters. The van der Waals surface area contributed by atoms with Crippen LogP contribution in [0.3, 0.4) is 0 Å². The number of amides is 2. The third kappa shape index (κ3) is 5.27. The first-order valence-corrected chi connectivity index (χ1v) is 11.1. The fraction of sp³-hybridized carbons (Fsp3) is 0.400. The quantitative estimate of drug-likeness (QED) is 0.606. The van der Waals surface area contributed by atoms with Crippen LogP contribution in [0.4, 0.5) is 8.78 Å². The number of nitrogens with zero attached hydrogens (tertiary/aromatic N) is 3. The first-order chi connectivity index (χ1) is 16.0. The minimum absolute atomic E-state index is 0.0353. The SMILES string of the molecule is COCCN(CC(=O)N1N=C(c2ccc(F)cc2)CC1c1ccc(F)cc1)C(=O)C1CCC1. The summed E-state index contributed by atoms with van der Waals surface area (Å²) in [6.45, 7) is 0.537. The summed E-state index contributed by atoms with van der Waals surface area (Å²) in [5.41, 5.74) is 2.08. The predicted octanol–water partition coefficient (Wildman–Crippen LogP) is 3.92. The monoisotopic (exact) mass is 455 g/mol. The highest BCUT2D eigenvalue weighted by atomic mass is 19.1. The summed E-state index contributed by atoms with van der Waals surface area (Å²) >= 11 is 0. The lowest BCUT2D eigenvalue weighted by molar-refractivity contribution is -0.146. The molecule has 1 heterocycles. The molecule has 1 aliphatic heterocycles. The number of halogens is 2. The molecule has 2 aromatic carbocycles. The Kier molecular flexibility index (Phi) is 7.13. The van der Waals surface area contributed by atoms with Crippen molar-refractivity contribution in [3.63, 3.8) is 0 Å². The fourth-order valence-corrected chi connectivity index (χ4v) is 4.12. The lowest BCUT2D eigenvalue weighted by atomic mass is 9.84. The molecule has 174 valence electrons. The van der Waals surface area contributed by atoms with Crippen molar-refractivity contribution in [2.75, 3.05) is 26.8 Å². The molecule has 1 saturated carbocycles. The summed E-state index contributed by atoms with van der Waals surface area (Å²) in [7, 11) is 1.55. The van der Waals surface area contributed by atoms with Gasteiger partial charge in [-0.3, -0.25) is 9.59 Å².